The summed E-state index contributed by atoms with van der Waals surface area (Å²) in [5.41, 5.74) is 1.26. The van der Waals surface area contributed by atoms with Crippen LogP contribution in [-0.4, -0.2) is 104 Å². The van der Waals surface area contributed by atoms with Crippen LogP contribution in [-0.2, 0) is 31.0 Å². The first-order valence-electron chi connectivity index (χ1n) is 16.7. The molecule has 1 unspecified atom stereocenters. The van der Waals surface area contributed by atoms with Crippen molar-refractivity contribution < 1.29 is 38.2 Å². The molecule has 0 aromatic heterocycles. The van der Waals surface area contributed by atoms with Crippen molar-refractivity contribution in [1.82, 2.24) is 25.8 Å². The van der Waals surface area contributed by atoms with E-state index in [0.29, 0.717) is 55.7 Å². The van der Waals surface area contributed by atoms with Crippen molar-refractivity contribution in [2.75, 3.05) is 40.3 Å². The highest BCUT2D eigenvalue weighted by Gasteiger charge is 2.65. The van der Waals surface area contributed by atoms with E-state index >= 15 is 0 Å². The Labute approximate surface area is 276 Å². The second-order valence-electron chi connectivity index (χ2n) is 14.3. The number of nitrogens with zero attached hydrogens (tertiary/aromatic N) is 2. The number of hydrogen-bond donors (Lipinski definition) is 3. The lowest BCUT2D eigenvalue weighted by atomic mass is 9.52. The number of rotatable bonds is 11. The van der Waals surface area contributed by atoms with E-state index in [1.807, 2.05) is 6.07 Å². The van der Waals surface area contributed by atoms with Crippen LogP contribution in [0.25, 0.3) is 0 Å². The monoisotopic (exact) mass is 655 g/mol. The fourth-order valence-corrected chi connectivity index (χ4v) is 7.82. The molecule has 13 nitrogen and oxygen atoms in total. The van der Waals surface area contributed by atoms with Gasteiger partial charge < -0.3 is 40.0 Å². The molecule has 2 aliphatic heterocycles. The third kappa shape index (κ3) is 7.19. The minimum Gasteiger partial charge on any atom is -0.477 e. The van der Waals surface area contributed by atoms with Crippen molar-refractivity contribution in [2.24, 2.45) is 5.92 Å². The number of ketones is 1. The Hall–Kier alpha value is -3.87. The van der Waals surface area contributed by atoms with E-state index < -0.39 is 29.9 Å². The van der Waals surface area contributed by atoms with Gasteiger partial charge in [-0.1, -0.05) is 6.07 Å². The van der Waals surface area contributed by atoms with Crippen LogP contribution >= 0.6 is 0 Å². The van der Waals surface area contributed by atoms with Gasteiger partial charge in [0, 0.05) is 57.0 Å². The van der Waals surface area contributed by atoms with Crippen LogP contribution in [0.2, 0.25) is 0 Å². The molecule has 2 heterocycles. The largest absolute Gasteiger partial charge is 0.477 e. The first-order valence-corrected chi connectivity index (χ1v) is 16.7. The van der Waals surface area contributed by atoms with Crippen molar-refractivity contribution in [2.45, 2.75) is 102 Å². The Bertz CT molecular complexity index is 1410. The number of carbonyl (C=O) groups excluding carboxylic acids is 5. The average molecular weight is 656 g/mol. The molecular weight excluding hydrogens is 606 g/mol. The molecule has 2 bridgehead atoms. The molecule has 3 N–H and O–H groups in total. The Morgan fingerprint density at radius 1 is 1.15 bits per heavy atom. The molecule has 13 heteroatoms. The van der Waals surface area contributed by atoms with E-state index in [9.17, 15) is 24.0 Å². The summed E-state index contributed by atoms with van der Waals surface area (Å²) < 4.78 is 17.5. The quantitative estimate of drug-likeness (QED) is 0.305. The molecule has 0 radical (unpaired) electrons. The molecule has 1 aromatic carbocycles. The molecule has 2 fully saturated rings. The van der Waals surface area contributed by atoms with Gasteiger partial charge in [-0.25, -0.2) is 9.59 Å². The average Bonchev–Trinajstić information content (AvgIpc) is 3.35. The maximum absolute atomic E-state index is 13.2. The number of hydrogen-bond acceptors (Lipinski definition) is 9. The Morgan fingerprint density at radius 2 is 1.91 bits per heavy atom. The van der Waals surface area contributed by atoms with E-state index in [-0.39, 0.29) is 36.1 Å². The number of likely N-dealkylation sites (tertiary alicyclic amines) is 1. The van der Waals surface area contributed by atoms with Crippen LogP contribution in [0.3, 0.4) is 0 Å². The van der Waals surface area contributed by atoms with E-state index in [1.165, 1.54) is 11.8 Å². The van der Waals surface area contributed by atoms with Gasteiger partial charge in [0.2, 0.25) is 11.8 Å². The summed E-state index contributed by atoms with van der Waals surface area (Å²) in [6, 6.07) is 3.38. The minimum atomic E-state index is -0.753. The number of piperidine rings is 1. The van der Waals surface area contributed by atoms with Crippen molar-refractivity contribution >= 4 is 29.8 Å². The first-order chi connectivity index (χ1) is 22.2. The summed E-state index contributed by atoms with van der Waals surface area (Å²) in [7, 11) is 3.74. The molecule has 1 spiro atoms. The minimum absolute atomic E-state index is 0.119. The van der Waals surface area contributed by atoms with Gasteiger partial charge in [0.05, 0.1) is 0 Å². The number of likely N-dealkylation sites (N-methyl/N-ethyl adjacent to an activating group) is 2. The van der Waals surface area contributed by atoms with Gasteiger partial charge in [-0.3, -0.25) is 14.4 Å². The summed E-state index contributed by atoms with van der Waals surface area (Å²) in [6.07, 6.45) is 2.96. The smallest absolute Gasteiger partial charge is 0.415 e. The summed E-state index contributed by atoms with van der Waals surface area (Å²) in [5.74, 6) is 0.575. The van der Waals surface area contributed by atoms with Gasteiger partial charge in [-0.2, -0.15) is 0 Å². The number of carbonyl (C=O) groups is 5. The van der Waals surface area contributed by atoms with E-state index in [4.69, 9.17) is 14.2 Å². The van der Waals surface area contributed by atoms with Gasteiger partial charge in [0.15, 0.2) is 23.4 Å². The van der Waals surface area contributed by atoms with Crippen LogP contribution in [0, 0.1) is 5.92 Å². The maximum Gasteiger partial charge on any atom is 0.415 e. The van der Waals surface area contributed by atoms with Gasteiger partial charge >= 0.3 is 12.2 Å². The summed E-state index contributed by atoms with van der Waals surface area (Å²) in [4.78, 5) is 66.5. The van der Waals surface area contributed by atoms with E-state index in [2.05, 4.69) is 27.9 Å². The summed E-state index contributed by atoms with van der Waals surface area (Å²) >= 11 is 0. The van der Waals surface area contributed by atoms with E-state index in [1.54, 1.807) is 33.9 Å². The fraction of sp³-hybridized carbons (Fsp3) is 0.676. The fourth-order valence-electron chi connectivity index (χ4n) is 7.82. The van der Waals surface area contributed by atoms with E-state index in [0.717, 1.165) is 36.9 Å². The molecule has 258 valence electrons. The number of Topliss-reactive ketones (excluding diaryl/α,β-unsaturated/α-hetero) is 1. The topological polar surface area (TPSA) is 156 Å². The second kappa shape index (κ2) is 13.7. The highest BCUT2D eigenvalue weighted by atomic mass is 16.6. The van der Waals surface area contributed by atoms with Crippen molar-refractivity contribution in [1.29, 1.82) is 0 Å². The molecule has 47 heavy (non-hydrogen) atoms. The number of ether oxygens (including phenoxy) is 3. The van der Waals surface area contributed by atoms with Gasteiger partial charge in [-0.15, -0.1) is 0 Å². The maximum atomic E-state index is 13.2. The lowest BCUT2D eigenvalue weighted by Crippen LogP contribution is -2.65. The number of nitrogens with one attached hydrogen (secondary N) is 3. The molecule has 1 saturated carbocycles. The summed E-state index contributed by atoms with van der Waals surface area (Å²) in [5, 5.41) is 8.14. The zero-order valence-electron chi connectivity index (χ0n) is 28.4. The van der Waals surface area contributed by atoms with Gasteiger partial charge in [-0.05, 0) is 90.4 Å². The number of amides is 4. The van der Waals surface area contributed by atoms with Crippen molar-refractivity contribution in [3.8, 4) is 11.5 Å². The summed E-state index contributed by atoms with van der Waals surface area (Å²) in [6.45, 7) is 8.28. The SMILES string of the molecule is CC(=O)N[C@@H](CCCCNC(=O)OC(C)(C)C)C(=O)NCCN(C)C(=O)Oc1ccc2c3c1O[C@@H]1C(=O)CCC4[C@H](C2)N(C)CC[C@]341. The third-order valence-corrected chi connectivity index (χ3v) is 9.91. The van der Waals surface area contributed by atoms with Crippen LogP contribution in [0.4, 0.5) is 9.59 Å². The standard InChI is InChI=1S/C34H49N5O8/c1-20(40)37-23(9-7-8-15-36-31(43)47-33(2,3)4)30(42)35-16-18-39(6)32(44)45-26-13-10-21-19-24-22-11-12-25(41)29-34(22,14-17-38(24)5)27(21)28(26)46-29/h10,13,22-24,29H,7-9,11-12,14-19H2,1-6H3,(H,35,42)(H,36,43)(H,37,40)/t22?,23-,24-,29+,34+/m0/s1. The Balaban J connectivity index is 1.13. The molecule has 5 rings (SSSR count). The normalized spacial score (nSPS) is 24.7. The molecule has 2 aliphatic carbocycles. The zero-order chi connectivity index (χ0) is 34.1. The first kappa shape index (κ1) is 34.5. The van der Waals surface area contributed by atoms with Gasteiger partial charge in [0.25, 0.3) is 0 Å². The Kier molecular flexibility index (Phi) is 10.0. The van der Waals surface area contributed by atoms with Crippen LogP contribution in [0.15, 0.2) is 12.1 Å². The van der Waals surface area contributed by atoms with Gasteiger partial charge in [0.1, 0.15) is 11.6 Å². The molecule has 1 aromatic rings. The molecule has 4 aliphatic rings. The highest BCUT2D eigenvalue weighted by molar-refractivity contribution is 5.89. The van der Waals surface area contributed by atoms with Crippen molar-refractivity contribution in [3.63, 3.8) is 0 Å². The number of benzene rings is 1. The third-order valence-electron chi connectivity index (χ3n) is 9.91. The number of alkyl carbamates (subject to hydrolysis) is 1. The van der Waals surface area contributed by atoms with Crippen LogP contribution < -0.4 is 25.4 Å². The zero-order valence-corrected chi connectivity index (χ0v) is 28.4. The highest BCUT2D eigenvalue weighted by Crippen LogP contribution is 2.63. The second-order valence-corrected chi connectivity index (χ2v) is 14.3. The molecule has 4 amide bonds. The molecular formula is C34H49N5O8. The lowest BCUT2D eigenvalue weighted by Gasteiger charge is -2.57. The van der Waals surface area contributed by atoms with Crippen LogP contribution in [0.5, 0.6) is 11.5 Å². The Morgan fingerprint density at radius 3 is 2.64 bits per heavy atom. The molecule has 1 saturated heterocycles. The number of unbranched alkanes of at least 4 members (excludes halogenated alkanes) is 1. The van der Waals surface area contributed by atoms with Crippen LogP contribution in [0.1, 0.15) is 77.3 Å². The predicted molar refractivity (Wildman–Crippen MR) is 172 cm³/mol. The molecule has 5 atom stereocenters. The lowest BCUT2D eigenvalue weighted by molar-refractivity contribution is -0.138. The van der Waals surface area contributed by atoms with Crippen molar-refractivity contribution in [3.05, 3.63) is 23.3 Å². The predicted octanol–water partition coefficient (Wildman–Crippen LogP) is 2.67.